The lowest BCUT2D eigenvalue weighted by Gasteiger charge is -2.27. The van der Waals surface area contributed by atoms with Crippen molar-refractivity contribution in [2.75, 3.05) is 30.3 Å². The molecule has 0 radical (unpaired) electrons. The van der Waals surface area contributed by atoms with Crippen LogP contribution in [0.3, 0.4) is 0 Å². The number of hydrogen-bond donors (Lipinski definition) is 3. The fourth-order valence-electron chi connectivity index (χ4n) is 4.45. The molecule has 1 unspecified atom stereocenters. The highest BCUT2D eigenvalue weighted by Gasteiger charge is 2.37. The number of carbonyl (C=O) groups excluding carboxylic acids is 1. The molecular weight excluding hydrogens is 589 g/mol. The minimum absolute atomic E-state index is 0.0182. The average molecular weight is 626 g/mol. The highest BCUT2D eigenvalue weighted by Crippen LogP contribution is 2.44. The summed E-state index contributed by atoms with van der Waals surface area (Å²) in [5.41, 5.74) is -1.12. The van der Waals surface area contributed by atoms with Gasteiger partial charge in [-0.2, -0.15) is 18.2 Å². The van der Waals surface area contributed by atoms with Gasteiger partial charge in [0.05, 0.1) is 24.0 Å². The Morgan fingerprint density at radius 2 is 1.79 bits per heavy atom. The van der Waals surface area contributed by atoms with Crippen LogP contribution in [0.1, 0.15) is 62.4 Å². The van der Waals surface area contributed by atoms with Gasteiger partial charge in [-0.1, -0.05) is 38.8 Å². The number of benzene rings is 2. The fraction of sp³-hybridized carbons (Fsp3) is 0.414. The third-order valence-electron chi connectivity index (χ3n) is 6.45. The molecule has 2 aromatic carbocycles. The average Bonchev–Trinajstić information content (AvgIpc) is 2.94. The normalized spacial score (nSPS) is 12.2. The summed E-state index contributed by atoms with van der Waals surface area (Å²) < 4.78 is 69.5. The zero-order valence-corrected chi connectivity index (χ0v) is 25.5. The molecule has 1 heterocycles. The van der Waals surface area contributed by atoms with Crippen molar-refractivity contribution in [3.05, 3.63) is 59.5 Å². The number of para-hydroxylation sites is 2. The van der Waals surface area contributed by atoms with Crippen molar-refractivity contribution >= 4 is 31.5 Å². The van der Waals surface area contributed by atoms with Crippen LogP contribution < -0.4 is 24.8 Å². The Balaban J connectivity index is 1.98. The molecule has 0 aliphatic carbocycles. The number of halogens is 4. The van der Waals surface area contributed by atoms with E-state index in [1.807, 2.05) is 13.8 Å². The fourth-order valence-corrected chi connectivity index (χ4v) is 5.34. The molecule has 0 aliphatic rings. The van der Waals surface area contributed by atoms with Crippen LogP contribution in [0.15, 0.2) is 42.6 Å². The van der Waals surface area contributed by atoms with Crippen LogP contribution in [-0.2, 0) is 6.18 Å². The van der Waals surface area contributed by atoms with Crippen LogP contribution in [0.2, 0.25) is 0 Å². The van der Waals surface area contributed by atoms with Crippen molar-refractivity contribution in [3.63, 3.8) is 0 Å². The van der Waals surface area contributed by atoms with E-state index in [4.69, 9.17) is 9.47 Å². The van der Waals surface area contributed by atoms with Crippen LogP contribution in [0.5, 0.6) is 17.4 Å². The van der Waals surface area contributed by atoms with Gasteiger partial charge in [0.2, 0.25) is 11.8 Å². The number of alkyl halides is 3. The number of rotatable bonds is 14. The largest absolute Gasteiger partial charge is 0.495 e. The summed E-state index contributed by atoms with van der Waals surface area (Å²) in [5.74, 6) is -2.54. The number of amides is 1. The number of methoxy groups -OCH3 is 1. The molecule has 43 heavy (non-hydrogen) atoms. The number of aromatic nitrogens is 2. The molecule has 1 aromatic heterocycles. The Labute approximate surface area is 249 Å². The molecule has 0 saturated heterocycles. The van der Waals surface area contributed by atoms with E-state index in [-0.39, 0.29) is 34.7 Å². The molecular formula is C29H36F4N5O4P. The smallest absolute Gasteiger partial charge is 0.423 e. The molecule has 0 spiro atoms. The van der Waals surface area contributed by atoms with Gasteiger partial charge in [-0.3, -0.25) is 4.79 Å². The van der Waals surface area contributed by atoms with Crippen molar-refractivity contribution < 1.29 is 36.7 Å². The predicted molar refractivity (Wildman–Crippen MR) is 159 cm³/mol. The summed E-state index contributed by atoms with van der Waals surface area (Å²) in [4.78, 5) is 30.8. The monoisotopic (exact) mass is 625 g/mol. The van der Waals surface area contributed by atoms with Crippen LogP contribution in [0.25, 0.3) is 0 Å². The van der Waals surface area contributed by atoms with Gasteiger partial charge in [-0.05, 0) is 44.6 Å². The summed E-state index contributed by atoms with van der Waals surface area (Å²) in [6.45, 7) is 7.73. The van der Waals surface area contributed by atoms with Gasteiger partial charge >= 0.3 is 6.18 Å². The lowest BCUT2D eigenvalue weighted by Crippen LogP contribution is -2.35. The van der Waals surface area contributed by atoms with Crippen molar-refractivity contribution in [2.45, 2.75) is 58.7 Å². The molecule has 9 nitrogen and oxygen atoms in total. The number of hydrogen-bond acceptors (Lipinski definition) is 8. The topological polar surface area (TPSA) is 109 Å². The van der Waals surface area contributed by atoms with E-state index < -0.39 is 37.6 Å². The maximum Gasteiger partial charge on any atom is 0.423 e. The zero-order valence-electron chi connectivity index (χ0n) is 24.6. The van der Waals surface area contributed by atoms with Gasteiger partial charge in [-0.25, -0.2) is 9.37 Å². The Morgan fingerprint density at radius 1 is 1.12 bits per heavy atom. The number of anilines is 3. The van der Waals surface area contributed by atoms with Gasteiger partial charge in [0, 0.05) is 24.8 Å². The standard InChI is InChI=1S/C29H36F4N5O4P/c1-6-11-18(12-7-2)35-26(39)19-15-25(41-4)22(16-21(19)30)36-28-34-17-20(29(31,32)33)27(37-28)42-24-14-10-9-13-23(24)38(8-3)43(5)40/h9-10,13-18,40H,6-8,11-12H2,1-5H3,(H,35,39)(H,34,36,37). The second-order valence-corrected chi connectivity index (χ2v) is 11.1. The van der Waals surface area contributed by atoms with E-state index in [0.717, 1.165) is 31.7 Å². The first-order valence-corrected chi connectivity index (χ1v) is 15.5. The van der Waals surface area contributed by atoms with Gasteiger partial charge < -0.3 is 29.7 Å². The Bertz CT molecular complexity index is 1390. The van der Waals surface area contributed by atoms with E-state index in [1.165, 1.54) is 19.2 Å². The Hall–Kier alpha value is -3.70. The first-order valence-electron chi connectivity index (χ1n) is 13.8. The molecule has 0 aliphatic heterocycles. The van der Waals surface area contributed by atoms with Gasteiger partial charge in [0.1, 0.15) is 25.4 Å². The maximum absolute atomic E-state index is 15.2. The maximum atomic E-state index is 15.2. The zero-order chi connectivity index (χ0) is 31.7. The minimum Gasteiger partial charge on any atom is -0.495 e. The number of carbonyl (C=O) groups is 1. The SMILES string of the molecule is CCCC(CCC)NC(=O)c1cc(OC)c(Nc2ncc(C(F)(F)F)c(Oc3ccccc3N(CC)P(C)O)n2)cc1F. The van der Waals surface area contributed by atoms with Crippen molar-refractivity contribution in [3.8, 4) is 17.4 Å². The molecule has 0 bridgehead atoms. The quantitative estimate of drug-likeness (QED) is 0.124. The molecule has 0 saturated carbocycles. The molecule has 1 atom stereocenters. The van der Waals surface area contributed by atoms with Gasteiger partial charge in [0.15, 0.2) is 5.75 Å². The summed E-state index contributed by atoms with van der Waals surface area (Å²) in [6.07, 6.45) is -1.11. The molecule has 0 fully saturated rings. The van der Waals surface area contributed by atoms with E-state index >= 15 is 4.39 Å². The van der Waals surface area contributed by atoms with E-state index in [9.17, 15) is 22.9 Å². The number of ether oxygens (including phenoxy) is 2. The molecule has 1 amide bonds. The van der Waals surface area contributed by atoms with Crippen molar-refractivity contribution in [1.82, 2.24) is 15.3 Å². The number of nitrogens with zero attached hydrogens (tertiary/aromatic N) is 3. The Kier molecular flexibility index (Phi) is 11.9. The Morgan fingerprint density at radius 3 is 2.37 bits per heavy atom. The van der Waals surface area contributed by atoms with E-state index in [2.05, 4.69) is 20.6 Å². The van der Waals surface area contributed by atoms with Crippen LogP contribution in [-0.4, -0.2) is 47.1 Å². The van der Waals surface area contributed by atoms with Crippen LogP contribution >= 0.6 is 8.30 Å². The first-order chi connectivity index (χ1) is 20.4. The van der Waals surface area contributed by atoms with E-state index in [0.29, 0.717) is 18.4 Å². The second-order valence-electron chi connectivity index (χ2n) is 9.59. The molecule has 14 heteroatoms. The highest BCUT2D eigenvalue weighted by molar-refractivity contribution is 7.52. The highest BCUT2D eigenvalue weighted by atomic mass is 31.2. The molecule has 3 rings (SSSR count). The minimum atomic E-state index is -4.85. The predicted octanol–water partition coefficient (Wildman–Crippen LogP) is 7.64. The van der Waals surface area contributed by atoms with Gasteiger partial charge in [-0.15, -0.1) is 0 Å². The third kappa shape index (κ3) is 8.67. The first kappa shape index (κ1) is 33.8. The van der Waals surface area contributed by atoms with Crippen molar-refractivity contribution in [2.24, 2.45) is 0 Å². The van der Waals surface area contributed by atoms with Crippen molar-refractivity contribution in [1.29, 1.82) is 0 Å². The lowest BCUT2D eigenvalue weighted by molar-refractivity contribution is -0.139. The summed E-state index contributed by atoms with van der Waals surface area (Å²) in [6, 6.07) is 8.40. The molecule has 3 aromatic rings. The number of nitrogens with one attached hydrogen (secondary N) is 2. The summed E-state index contributed by atoms with van der Waals surface area (Å²) >= 11 is 0. The molecule has 3 N–H and O–H groups in total. The summed E-state index contributed by atoms with van der Waals surface area (Å²) in [7, 11) is -0.314. The third-order valence-corrected chi connectivity index (χ3v) is 7.64. The second kappa shape index (κ2) is 15.2. The van der Waals surface area contributed by atoms with Crippen LogP contribution in [0.4, 0.5) is 34.9 Å². The van der Waals surface area contributed by atoms with Gasteiger partial charge in [0.25, 0.3) is 5.91 Å². The van der Waals surface area contributed by atoms with E-state index in [1.54, 1.807) is 36.5 Å². The lowest BCUT2D eigenvalue weighted by atomic mass is 10.1. The molecule has 234 valence electrons. The van der Waals surface area contributed by atoms with Crippen LogP contribution in [0, 0.1) is 5.82 Å². The summed E-state index contributed by atoms with van der Waals surface area (Å²) in [5, 5.41) is 5.52.